The standard InChI is InChI=1S/C74H54N2/c1-45-65-66-52-31-15-14-24-47(52)42-64(75(48-25-8-5-9-26-48)49-27-10-6-11-28-49)70(66)73-58-36-20-16-32-53(58)56-41-40-51(43-62(56)73)76(50-29-12-7-13-30-50)71(3)44-63-57-35-19-23-39-61(57)74(72(63,4)69(45)68(71)46(2)67(65)73)59-37-21-17-33-54(59)55-34-18-22-38-60(55)74/h5-46H,1-4H3. The molecular formula is C74H54N2. The lowest BCUT2D eigenvalue weighted by Crippen LogP contribution is -2.55. The van der Waals surface area contributed by atoms with E-state index in [1.165, 1.54) is 117 Å². The molecule has 0 fully saturated rings. The van der Waals surface area contributed by atoms with Gasteiger partial charge in [0.25, 0.3) is 0 Å². The van der Waals surface area contributed by atoms with Crippen LogP contribution in [-0.4, -0.2) is 5.54 Å². The van der Waals surface area contributed by atoms with Gasteiger partial charge in [0.1, 0.15) is 0 Å². The first kappa shape index (κ1) is 42.6. The summed E-state index contributed by atoms with van der Waals surface area (Å²) in [6.07, 6.45) is 2.78. The number of hydrogen-bond acceptors (Lipinski definition) is 2. The predicted octanol–water partition coefficient (Wildman–Crippen LogP) is 18.3. The van der Waals surface area contributed by atoms with Crippen molar-refractivity contribution in [3.8, 4) is 22.3 Å². The molecule has 2 heteroatoms. The Bertz CT molecular complexity index is 4230. The van der Waals surface area contributed by atoms with Crippen LogP contribution in [0.3, 0.4) is 0 Å². The minimum absolute atomic E-state index is 0.00569. The zero-order valence-electron chi connectivity index (χ0n) is 43.1. The monoisotopic (exact) mass is 970 g/mol. The third-order valence-corrected chi connectivity index (χ3v) is 19.8. The zero-order chi connectivity index (χ0) is 50.5. The molecule has 360 valence electrons. The Hall–Kier alpha value is -8.72. The summed E-state index contributed by atoms with van der Waals surface area (Å²) in [4.78, 5) is 5.32. The summed E-state index contributed by atoms with van der Waals surface area (Å²) in [6.45, 7) is 10.5. The van der Waals surface area contributed by atoms with E-state index in [2.05, 4.69) is 280 Å². The first-order chi connectivity index (χ1) is 37.3. The van der Waals surface area contributed by atoms with Gasteiger partial charge in [0.2, 0.25) is 0 Å². The van der Waals surface area contributed by atoms with Gasteiger partial charge in [-0.1, -0.05) is 209 Å². The molecule has 76 heavy (non-hydrogen) atoms. The van der Waals surface area contributed by atoms with E-state index in [0.717, 1.165) is 11.4 Å². The number of hydrogen-bond donors (Lipinski definition) is 0. The van der Waals surface area contributed by atoms with Gasteiger partial charge in [-0.3, -0.25) is 0 Å². The number of para-hydroxylation sites is 3. The third kappa shape index (κ3) is 4.71. The smallest absolute Gasteiger partial charge is 0.0833 e. The molecule has 0 saturated carbocycles. The van der Waals surface area contributed by atoms with Crippen molar-refractivity contribution in [1.29, 1.82) is 0 Å². The minimum Gasteiger partial charge on any atom is -0.328 e. The number of allylic oxidation sites excluding steroid dienone is 4. The second-order valence-corrected chi connectivity index (χ2v) is 22.9. The van der Waals surface area contributed by atoms with Crippen molar-refractivity contribution < 1.29 is 0 Å². The molecule has 0 amide bonds. The molecule has 0 saturated heterocycles. The van der Waals surface area contributed by atoms with E-state index in [1.54, 1.807) is 5.57 Å². The van der Waals surface area contributed by atoms with Gasteiger partial charge in [0, 0.05) is 45.6 Å². The van der Waals surface area contributed by atoms with Crippen LogP contribution in [0, 0.1) is 17.3 Å². The zero-order valence-corrected chi connectivity index (χ0v) is 43.1. The van der Waals surface area contributed by atoms with Gasteiger partial charge in [-0.25, -0.2) is 0 Å². The molecule has 6 aliphatic carbocycles. The summed E-state index contributed by atoms with van der Waals surface area (Å²) in [5.41, 5.74) is 27.6. The molecular weight excluding hydrogens is 917 g/mol. The molecule has 5 unspecified atom stereocenters. The lowest BCUT2D eigenvalue weighted by molar-refractivity contribution is 0.336. The van der Waals surface area contributed by atoms with Crippen LogP contribution in [0.2, 0.25) is 0 Å². The fourth-order valence-corrected chi connectivity index (χ4v) is 17.6. The summed E-state index contributed by atoms with van der Waals surface area (Å²) in [5.74, 6) is -0.0155. The van der Waals surface area contributed by atoms with Crippen LogP contribution in [0.4, 0.5) is 28.4 Å². The fraction of sp³-hybridized carbons (Fsp3) is 0.135. The quantitative estimate of drug-likeness (QED) is 0.162. The van der Waals surface area contributed by atoms with Crippen molar-refractivity contribution in [3.05, 3.63) is 304 Å². The maximum atomic E-state index is 2.78. The van der Waals surface area contributed by atoms with Gasteiger partial charge in [-0.2, -0.15) is 0 Å². The lowest BCUT2D eigenvalue weighted by atomic mass is 9.47. The topological polar surface area (TPSA) is 6.48 Å². The van der Waals surface area contributed by atoms with Crippen molar-refractivity contribution in [1.82, 2.24) is 0 Å². The van der Waals surface area contributed by atoms with E-state index in [9.17, 15) is 0 Å². The molecule has 1 heterocycles. The first-order valence-electron chi connectivity index (χ1n) is 27.4. The lowest BCUT2D eigenvalue weighted by Gasteiger charge is -2.58. The number of anilines is 5. The number of rotatable bonds is 4. The van der Waals surface area contributed by atoms with E-state index >= 15 is 0 Å². The molecule has 4 bridgehead atoms. The second kappa shape index (κ2) is 14.6. The minimum atomic E-state index is -0.651. The molecule has 10 aromatic rings. The highest BCUT2D eigenvalue weighted by molar-refractivity contribution is 6.11. The molecule has 2 nitrogen and oxygen atoms in total. The largest absolute Gasteiger partial charge is 0.328 e. The normalized spacial score (nSPS) is 23.7. The molecule has 0 aromatic heterocycles. The van der Waals surface area contributed by atoms with Crippen LogP contribution >= 0.6 is 0 Å². The summed E-state index contributed by atoms with van der Waals surface area (Å²) in [6, 6.07) is 90.9. The summed E-state index contributed by atoms with van der Waals surface area (Å²) in [7, 11) is 0. The van der Waals surface area contributed by atoms with E-state index < -0.39 is 21.8 Å². The van der Waals surface area contributed by atoms with E-state index in [1.807, 2.05) is 0 Å². The Labute approximate surface area is 445 Å². The second-order valence-electron chi connectivity index (χ2n) is 22.9. The molecule has 5 atom stereocenters. The Balaban J connectivity index is 1.09. The maximum Gasteiger partial charge on any atom is 0.0833 e. The Morgan fingerprint density at radius 3 is 1.58 bits per heavy atom. The van der Waals surface area contributed by atoms with Crippen LogP contribution in [0.5, 0.6) is 0 Å². The first-order valence-corrected chi connectivity index (χ1v) is 27.4. The fourth-order valence-electron chi connectivity index (χ4n) is 17.6. The van der Waals surface area contributed by atoms with Crippen molar-refractivity contribution in [2.24, 2.45) is 17.3 Å². The molecule has 10 aromatic carbocycles. The summed E-state index contributed by atoms with van der Waals surface area (Å²) in [5, 5.41) is 2.57. The highest BCUT2D eigenvalue weighted by Gasteiger charge is 2.71. The van der Waals surface area contributed by atoms with Gasteiger partial charge < -0.3 is 9.80 Å². The summed E-state index contributed by atoms with van der Waals surface area (Å²) >= 11 is 0. The van der Waals surface area contributed by atoms with Gasteiger partial charge in [0.05, 0.1) is 22.1 Å². The molecule has 1 aliphatic heterocycles. The maximum absolute atomic E-state index is 2.78. The van der Waals surface area contributed by atoms with Gasteiger partial charge in [-0.05, 0) is 161 Å². The van der Waals surface area contributed by atoms with Gasteiger partial charge >= 0.3 is 0 Å². The summed E-state index contributed by atoms with van der Waals surface area (Å²) < 4.78 is 0. The highest BCUT2D eigenvalue weighted by atomic mass is 15.2. The van der Waals surface area contributed by atoms with Crippen molar-refractivity contribution in [3.63, 3.8) is 0 Å². The van der Waals surface area contributed by atoms with Crippen molar-refractivity contribution >= 4 is 50.4 Å². The van der Waals surface area contributed by atoms with E-state index in [-0.39, 0.29) is 11.8 Å². The molecule has 7 aliphatic rings. The van der Waals surface area contributed by atoms with E-state index in [4.69, 9.17) is 0 Å². The predicted molar refractivity (Wildman–Crippen MR) is 314 cm³/mol. The average molecular weight is 971 g/mol. The van der Waals surface area contributed by atoms with Crippen molar-refractivity contribution in [2.45, 2.75) is 44.1 Å². The van der Waals surface area contributed by atoms with Crippen LogP contribution in [0.1, 0.15) is 72.2 Å². The molecule has 17 rings (SSSR count). The van der Waals surface area contributed by atoms with Crippen LogP contribution in [0.25, 0.3) is 44.2 Å². The molecule has 2 spiro atoms. The molecule has 0 N–H and O–H groups in total. The van der Waals surface area contributed by atoms with Crippen LogP contribution in [0.15, 0.2) is 259 Å². The van der Waals surface area contributed by atoms with Crippen LogP contribution < -0.4 is 9.80 Å². The highest BCUT2D eigenvalue weighted by Crippen LogP contribution is 2.79. The molecule has 0 radical (unpaired) electrons. The Kier molecular flexibility index (Phi) is 8.16. The Morgan fingerprint density at radius 2 is 0.934 bits per heavy atom. The number of fused-ring (bicyclic) bond motifs is 18. The Morgan fingerprint density at radius 1 is 0.421 bits per heavy atom. The van der Waals surface area contributed by atoms with E-state index in [0.29, 0.717) is 0 Å². The number of benzene rings is 10. The van der Waals surface area contributed by atoms with Gasteiger partial charge in [0.15, 0.2) is 0 Å². The number of nitrogens with zero attached hydrogens (tertiary/aromatic N) is 2. The SMILES string of the molecule is CC1C2=C3c4c(c(N(c5ccccc5)c5ccccc5)cc5ccccc45)C24c2ccccc2-c2ccc(cc24)N(c2ccccc2)C2(C)C=C4c5ccccc5C5(c6ccccc6-c6ccccc65)C4(C)C(=C12)C3C. The van der Waals surface area contributed by atoms with Crippen LogP contribution in [-0.2, 0) is 10.8 Å². The average Bonchev–Trinajstić information content (AvgIpc) is 3.54. The van der Waals surface area contributed by atoms with Crippen molar-refractivity contribution in [2.75, 3.05) is 9.80 Å². The van der Waals surface area contributed by atoms with Gasteiger partial charge in [-0.15, -0.1) is 0 Å². The third-order valence-electron chi connectivity index (χ3n) is 19.8.